The highest BCUT2D eigenvalue weighted by Gasteiger charge is 2.12. The van der Waals surface area contributed by atoms with Crippen molar-refractivity contribution in [1.82, 2.24) is 15.0 Å². The number of hydrogen-bond donors (Lipinski definition) is 0. The average molecular weight is 242 g/mol. The molecule has 0 atom stereocenters. The van der Waals surface area contributed by atoms with Gasteiger partial charge in [0.15, 0.2) is 5.69 Å². The predicted octanol–water partition coefficient (Wildman–Crippen LogP) is 1.32. The highest BCUT2D eigenvalue weighted by Crippen LogP contribution is 2.08. The first-order valence-corrected chi connectivity index (χ1v) is 5.34. The van der Waals surface area contributed by atoms with Crippen LogP contribution in [0.15, 0.2) is 30.5 Å². The summed E-state index contributed by atoms with van der Waals surface area (Å²) in [6.45, 7) is 2.01. The topological polar surface area (TPSA) is 80.8 Å². The molecule has 1 aromatic carbocycles. The third kappa shape index (κ3) is 2.35. The Morgan fingerprint density at radius 3 is 3.11 bits per heavy atom. The molecule has 2 rings (SSSR count). The van der Waals surface area contributed by atoms with Crippen LogP contribution in [0.25, 0.3) is 5.69 Å². The maximum absolute atomic E-state index is 11.4. The van der Waals surface area contributed by atoms with Gasteiger partial charge in [-0.25, -0.2) is 4.79 Å². The fraction of sp³-hybridized carbons (Fsp3) is 0.167. The molecule has 0 aliphatic rings. The van der Waals surface area contributed by atoms with Crippen LogP contribution < -0.4 is 0 Å². The number of carbonyl (C=O) groups is 1. The largest absolute Gasteiger partial charge is 0.461 e. The number of hydrogen-bond acceptors (Lipinski definition) is 5. The van der Waals surface area contributed by atoms with Gasteiger partial charge in [-0.3, -0.25) is 0 Å². The van der Waals surface area contributed by atoms with Crippen LogP contribution in [0.4, 0.5) is 0 Å². The van der Waals surface area contributed by atoms with Crippen molar-refractivity contribution in [3.05, 3.63) is 41.7 Å². The first-order valence-electron chi connectivity index (χ1n) is 5.34. The van der Waals surface area contributed by atoms with Crippen molar-refractivity contribution in [2.24, 2.45) is 0 Å². The fourth-order valence-electron chi connectivity index (χ4n) is 1.39. The van der Waals surface area contributed by atoms with Crippen molar-refractivity contribution < 1.29 is 9.53 Å². The highest BCUT2D eigenvalue weighted by molar-refractivity contribution is 5.86. The monoisotopic (exact) mass is 242 g/mol. The number of esters is 1. The Morgan fingerprint density at radius 1 is 1.56 bits per heavy atom. The minimum absolute atomic E-state index is 0.138. The van der Waals surface area contributed by atoms with Gasteiger partial charge in [-0.1, -0.05) is 6.07 Å². The second-order valence-electron chi connectivity index (χ2n) is 3.40. The zero-order valence-electron chi connectivity index (χ0n) is 9.70. The number of nitriles is 1. The van der Waals surface area contributed by atoms with E-state index in [0.29, 0.717) is 11.3 Å². The number of nitrogens with zero attached hydrogens (tertiary/aromatic N) is 4. The summed E-state index contributed by atoms with van der Waals surface area (Å²) in [6.07, 6.45) is 1.33. The van der Waals surface area contributed by atoms with Crippen LogP contribution in [0.1, 0.15) is 23.0 Å². The number of aromatic nitrogens is 3. The Hall–Kier alpha value is -2.68. The van der Waals surface area contributed by atoms with Crippen molar-refractivity contribution >= 4 is 5.97 Å². The summed E-state index contributed by atoms with van der Waals surface area (Å²) in [5.41, 5.74) is 1.26. The second kappa shape index (κ2) is 5.10. The van der Waals surface area contributed by atoms with E-state index >= 15 is 0 Å². The maximum Gasteiger partial charge on any atom is 0.360 e. The second-order valence-corrected chi connectivity index (χ2v) is 3.40. The van der Waals surface area contributed by atoms with Gasteiger partial charge < -0.3 is 4.74 Å². The molecule has 0 spiro atoms. The van der Waals surface area contributed by atoms with Crippen LogP contribution in [-0.2, 0) is 4.74 Å². The van der Waals surface area contributed by atoms with E-state index in [1.165, 1.54) is 11.0 Å². The molecule has 0 radical (unpaired) electrons. The molecular formula is C12H10N4O2. The minimum Gasteiger partial charge on any atom is -0.461 e. The van der Waals surface area contributed by atoms with E-state index in [0.717, 1.165) is 0 Å². The van der Waals surface area contributed by atoms with Crippen molar-refractivity contribution in [3.63, 3.8) is 0 Å². The zero-order chi connectivity index (χ0) is 13.0. The molecule has 0 amide bonds. The number of ether oxygens (including phenoxy) is 1. The Morgan fingerprint density at radius 2 is 2.39 bits per heavy atom. The Bertz CT molecular complexity index is 613. The van der Waals surface area contributed by atoms with Crippen molar-refractivity contribution in [2.75, 3.05) is 6.61 Å². The highest BCUT2D eigenvalue weighted by atomic mass is 16.5. The molecule has 0 N–H and O–H groups in total. The third-order valence-corrected chi connectivity index (χ3v) is 2.18. The SMILES string of the molecule is CCOC(=O)c1cnn(-c2cccc(C#N)c2)n1. The van der Waals surface area contributed by atoms with Gasteiger partial charge in [0.1, 0.15) is 0 Å². The van der Waals surface area contributed by atoms with Crippen LogP contribution in [0.3, 0.4) is 0 Å². The quantitative estimate of drug-likeness (QED) is 0.758. The lowest BCUT2D eigenvalue weighted by atomic mass is 10.2. The van der Waals surface area contributed by atoms with Gasteiger partial charge in [0.05, 0.1) is 30.1 Å². The lowest BCUT2D eigenvalue weighted by Crippen LogP contribution is -2.06. The molecule has 1 heterocycles. The summed E-state index contributed by atoms with van der Waals surface area (Å²) in [5, 5.41) is 16.8. The first kappa shape index (κ1) is 11.8. The van der Waals surface area contributed by atoms with Gasteiger partial charge in [0, 0.05) is 0 Å². The van der Waals surface area contributed by atoms with E-state index in [1.807, 2.05) is 6.07 Å². The molecule has 6 heteroatoms. The lowest BCUT2D eigenvalue weighted by Gasteiger charge is -1.99. The Kier molecular flexibility index (Phi) is 3.34. The van der Waals surface area contributed by atoms with E-state index in [-0.39, 0.29) is 12.3 Å². The van der Waals surface area contributed by atoms with E-state index in [4.69, 9.17) is 10.00 Å². The van der Waals surface area contributed by atoms with Crippen molar-refractivity contribution in [3.8, 4) is 11.8 Å². The van der Waals surface area contributed by atoms with E-state index in [2.05, 4.69) is 10.2 Å². The molecule has 0 fully saturated rings. The first-order chi connectivity index (χ1) is 8.74. The molecule has 0 aliphatic carbocycles. The van der Waals surface area contributed by atoms with Gasteiger partial charge >= 0.3 is 5.97 Å². The molecule has 1 aromatic heterocycles. The molecule has 0 bridgehead atoms. The van der Waals surface area contributed by atoms with Crippen LogP contribution in [-0.4, -0.2) is 27.6 Å². The maximum atomic E-state index is 11.4. The normalized spacial score (nSPS) is 9.78. The number of rotatable bonds is 3. The van der Waals surface area contributed by atoms with Gasteiger partial charge in [0.2, 0.25) is 0 Å². The molecule has 0 unspecified atom stereocenters. The predicted molar refractivity (Wildman–Crippen MR) is 62.0 cm³/mol. The fourth-order valence-corrected chi connectivity index (χ4v) is 1.39. The molecule has 0 saturated carbocycles. The van der Waals surface area contributed by atoms with Crippen molar-refractivity contribution in [2.45, 2.75) is 6.92 Å². The smallest absolute Gasteiger partial charge is 0.360 e. The lowest BCUT2D eigenvalue weighted by molar-refractivity contribution is 0.0519. The van der Waals surface area contributed by atoms with Gasteiger partial charge in [-0.2, -0.15) is 15.2 Å². The van der Waals surface area contributed by atoms with Crippen LogP contribution >= 0.6 is 0 Å². The molecular weight excluding hydrogens is 232 g/mol. The zero-order valence-corrected chi connectivity index (χ0v) is 9.70. The molecule has 0 aliphatic heterocycles. The Labute approximate surface area is 103 Å². The Balaban J connectivity index is 2.29. The number of benzene rings is 1. The summed E-state index contributed by atoms with van der Waals surface area (Å²) in [7, 11) is 0. The van der Waals surface area contributed by atoms with Crippen LogP contribution in [0, 0.1) is 11.3 Å². The molecule has 2 aromatic rings. The van der Waals surface area contributed by atoms with Crippen molar-refractivity contribution in [1.29, 1.82) is 5.26 Å². The van der Waals surface area contributed by atoms with Gasteiger partial charge in [-0.15, -0.1) is 5.10 Å². The molecule has 0 saturated heterocycles. The standard InChI is InChI=1S/C12H10N4O2/c1-2-18-12(17)11-8-14-16(15-11)10-5-3-4-9(6-10)7-13/h3-6,8H,2H2,1H3. The molecule has 90 valence electrons. The van der Waals surface area contributed by atoms with E-state index in [9.17, 15) is 4.79 Å². The number of carbonyl (C=O) groups excluding carboxylic acids is 1. The summed E-state index contributed by atoms with van der Waals surface area (Å²) < 4.78 is 4.81. The molecule has 18 heavy (non-hydrogen) atoms. The third-order valence-electron chi connectivity index (χ3n) is 2.18. The van der Waals surface area contributed by atoms with Crippen LogP contribution in [0.2, 0.25) is 0 Å². The molecule has 6 nitrogen and oxygen atoms in total. The van der Waals surface area contributed by atoms with E-state index in [1.54, 1.807) is 31.2 Å². The van der Waals surface area contributed by atoms with Gasteiger partial charge in [0.25, 0.3) is 0 Å². The summed E-state index contributed by atoms with van der Waals surface area (Å²) in [5.74, 6) is -0.514. The summed E-state index contributed by atoms with van der Waals surface area (Å²) >= 11 is 0. The average Bonchev–Trinajstić information content (AvgIpc) is 2.89. The summed E-state index contributed by atoms with van der Waals surface area (Å²) in [4.78, 5) is 12.7. The van der Waals surface area contributed by atoms with Gasteiger partial charge in [-0.05, 0) is 25.1 Å². The van der Waals surface area contributed by atoms with Crippen LogP contribution in [0.5, 0.6) is 0 Å². The summed E-state index contributed by atoms with van der Waals surface area (Å²) in [6, 6.07) is 8.81. The van der Waals surface area contributed by atoms with E-state index < -0.39 is 5.97 Å². The minimum atomic E-state index is -0.514.